The van der Waals surface area contributed by atoms with Crippen molar-refractivity contribution in [1.29, 1.82) is 0 Å². The number of ether oxygens (including phenoxy) is 1. The van der Waals surface area contributed by atoms with Gasteiger partial charge in [0.15, 0.2) is 6.61 Å². The van der Waals surface area contributed by atoms with Crippen LogP contribution in [0.15, 0.2) is 48.5 Å². The molecule has 4 rings (SSSR count). The summed E-state index contributed by atoms with van der Waals surface area (Å²) in [6.45, 7) is 3.39. The van der Waals surface area contributed by atoms with Gasteiger partial charge in [0.2, 0.25) is 5.78 Å². The molecule has 31 heavy (non-hydrogen) atoms. The third-order valence-corrected chi connectivity index (χ3v) is 6.28. The maximum absolute atomic E-state index is 12.9. The second kappa shape index (κ2) is 8.75. The van der Waals surface area contributed by atoms with E-state index in [0.29, 0.717) is 27.2 Å². The van der Waals surface area contributed by atoms with Crippen molar-refractivity contribution in [2.75, 3.05) is 6.61 Å². The van der Waals surface area contributed by atoms with E-state index >= 15 is 0 Å². The summed E-state index contributed by atoms with van der Waals surface area (Å²) in [6, 6.07) is 13.5. The number of aryl methyl sites for hydroxylation is 2. The van der Waals surface area contributed by atoms with Crippen LogP contribution in [0.25, 0.3) is 21.5 Å². The van der Waals surface area contributed by atoms with E-state index in [1.165, 1.54) is 23.5 Å². The number of nitrogens with zero attached hydrogens (tertiary/aromatic N) is 2. The number of fused-ring (bicyclic) bond motifs is 1. The summed E-state index contributed by atoms with van der Waals surface area (Å²) < 4.78 is 5.34. The monoisotopic (exact) mass is 470 g/mol. The Balaban J connectivity index is 1.65. The van der Waals surface area contributed by atoms with E-state index in [0.717, 1.165) is 15.6 Å². The highest BCUT2D eigenvalue weighted by atomic mass is 35.5. The number of aromatic nitrogens is 2. The molecule has 0 bridgehead atoms. The van der Waals surface area contributed by atoms with E-state index in [9.17, 15) is 9.59 Å². The molecular formula is C23H16Cl2N2O3S. The second-order valence-corrected chi connectivity index (χ2v) is 8.89. The number of halogens is 2. The van der Waals surface area contributed by atoms with E-state index in [-0.39, 0.29) is 10.6 Å². The third kappa shape index (κ3) is 4.46. The molecule has 0 aliphatic rings. The lowest BCUT2D eigenvalue weighted by atomic mass is 10.1. The number of pyridine rings is 1. The van der Waals surface area contributed by atoms with Crippen molar-refractivity contribution in [2.45, 2.75) is 13.8 Å². The van der Waals surface area contributed by atoms with Crippen LogP contribution in [0, 0.1) is 13.8 Å². The number of carbonyl (C=O) groups excluding carboxylic acids is 2. The highest BCUT2D eigenvalue weighted by Crippen LogP contribution is 2.31. The zero-order chi connectivity index (χ0) is 22.1. The van der Waals surface area contributed by atoms with E-state index in [4.69, 9.17) is 32.9 Å². The first-order valence-corrected chi connectivity index (χ1v) is 10.9. The van der Waals surface area contributed by atoms with Crippen molar-refractivity contribution in [1.82, 2.24) is 9.97 Å². The molecule has 0 saturated heterocycles. The number of rotatable bonds is 5. The Labute approximate surface area is 192 Å². The maximum atomic E-state index is 12.9. The molecule has 0 aliphatic carbocycles. The minimum absolute atomic E-state index is 0.209. The topological polar surface area (TPSA) is 69.2 Å². The Morgan fingerprint density at radius 3 is 2.48 bits per heavy atom. The molecule has 2 aromatic heterocycles. The minimum Gasteiger partial charge on any atom is -0.454 e. The number of benzene rings is 2. The van der Waals surface area contributed by atoms with Crippen LogP contribution < -0.4 is 0 Å². The molecule has 8 heteroatoms. The average Bonchev–Trinajstić information content (AvgIpc) is 3.08. The number of hydrogen-bond acceptors (Lipinski definition) is 6. The van der Waals surface area contributed by atoms with E-state index < -0.39 is 18.4 Å². The van der Waals surface area contributed by atoms with Crippen molar-refractivity contribution >= 4 is 57.2 Å². The molecule has 4 aromatic rings. The Hall–Kier alpha value is -2.80. The molecule has 2 aromatic carbocycles. The van der Waals surface area contributed by atoms with Gasteiger partial charge in [-0.1, -0.05) is 41.4 Å². The van der Waals surface area contributed by atoms with Crippen molar-refractivity contribution < 1.29 is 14.3 Å². The van der Waals surface area contributed by atoms with Gasteiger partial charge in [0.25, 0.3) is 0 Å². The number of para-hydroxylation sites is 1. The summed E-state index contributed by atoms with van der Waals surface area (Å²) in [6.07, 6.45) is 0. The molecule has 156 valence electrons. The van der Waals surface area contributed by atoms with Crippen molar-refractivity contribution in [3.63, 3.8) is 0 Å². The smallest absolute Gasteiger partial charge is 0.339 e. The minimum atomic E-state index is -0.614. The number of hydrogen-bond donors (Lipinski definition) is 0. The molecule has 0 fully saturated rings. The molecule has 0 unspecified atom stereocenters. The summed E-state index contributed by atoms with van der Waals surface area (Å²) >= 11 is 13.5. The summed E-state index contributed by atoms with van der Waals surface area (Å²) in [5, 5.41) is 2.19. The summed E-state index contributed by atoms with van der Waals surface area (Å²) in [4.78, 5) is 35.5. The van der Waals surface area contributed by atoms with Gasteiger partial charge < -0.3 is 4.74 Å². The standard InChI is InChI=1S/C23H16Cl2N2O3S/c1-12-22(31-13(2)26-12)20-10-17(15-5-3-4-6-19(15)27-20)23(29)30-11-21(28)16-8-7-14(24)9-18(16)25/h3-10H,11H2,1-2H3. The first kappa shape index (κ1) is 21.4. The molecule has 0 amide bonds. The van der Waals surface area contributed by atoms with Crippen LogP contribution in [0.2, 0.25) is 10.0 Å². The molecule has 0 saturated carbocycles. The molecule has 2 heterocycles. The lowest BCUT2D eigenvalue weighted by Gasteiger charge is -2.10. The first-order valence-electron chi connectivity index (χ1n) is 9.33. The number of carbonyl (C=O) groups is 2. The van der Waals surface area contributed by atoms with E-state index in [1.54, 1.807) is 18.2 Å². The molecule has 0 atom stereocenters. The van der Waals surface area contributed by atoms with Crippen LogP contribution in [0.1, 0.15) is 31.4 Å². The van der Waals surface area contributed by atoms with Gasteiger partial charge in [0, 0.05) is 16.0 Å². The Morgan fingerprint density at radius 2 is 1.77 bits per heavy atom. The SMILES string of the molecule is Cc1nc(C)c(-c2cc(C(=O)OCC(=O)c3ccc(Cl)cc3Cl)c3ccccc3n2)s1. The van der Waals surface area contributed by atoms with Gasteiger partial charge in [-0.25, -0.2) is 14.8 Å². The average molecular weight is 471 g/mol. The lowest BCUT2D eigenvalue weighted by molar-refractivity contribution is 0.0476. The largest absolute Gasteiger partial charge is 0.454 e. The Kier molecular flexibility index (Phi) is 6.05. The van der Waals surface area contributed by atoms with Crippen LogP contribution in [0.5, 0.6) is 0 Å². The van der Waals surface area contributed by atoms with Crippen LogP contribution >= 0.6 is 34.5 Å². The number of esters is 1. The quantitative estimate of drug-likeness (QED) is 0.252. The van der Waals surface area contributed by atoms with Gasteiger partial charge in [0.05, 0.1) is 37.4 Å². The van der Waals surface area contributed by atoms with Crippen molar-refractivity contribution in [3.8, 4) is 10.6 Å². The lowest BCUT2D eigenvalue weighted by Crippen LogP contribution is -2.15. The van der Waals surface area contributed by atoms with Crippen LogP contribution in [-0.2, 0) is 4.74 Å². The number of thiazole rings is 1. The molecule has 0 aliphatic heterocycles. The predicted molar refractivity (Wildman–Crippen MR) is 123 cm³/mol. The summed E-state index contributed by atoms with van der Waals surface area (Å²) in [5.41, 5.74) is 2.72. The highest BCUT2D eigenvalue weighted by molar-refractivity contribution is 7.15. The second-order valence-electron chi connectivity index (χ2n) is 6.84. The fourth-order valence-corrected chi connectivity index (χ4v) is 4.63. The Bertz CT molecular complexity index is 1330. The van der Waals surface area contributed by atoms with Crippen LogP contribution in [0.3, 0.4) is 0 Å². The third-order valence-electron chi connectivity index (χ3n) is 4.64. The molecule has 5 nitrogen and oxygen atoms in total. The fraction of sp³-hybridized carbons (Fsp3) is 0.130. The highest BCUT2D eigenvalue weighted by Gasteiger charge is 2.19. The van der Waals surface area contributed by atoms with E-state index in [2.05, 4.69) is 4.98 Å². The number of ketones is 1. The molecular weight excluding hydrogens is 455 g/mol. The molecule has 0 radical (unpaired) electrons. The van der Waals surface area contributed by atoms with Crippen LogP contribution in [-0.4, -0.2) is 28.3 Å². The van der Waals surface area contributed by atoms with Gasteiger partial charge in [-0.05, 0) is 44.2 Å². The zero-order valence-electron chi connectivity index (χ0n) is 16.6. The normalized spacial score (nSPS) is 11.0. The molecule has 0 spiro atoms. The van der Waals surface area contributed by atoms with E-state index in [1.807, 2.05) is 32.0 Å². The van der Waals surface area contributed by atoms with Crippen LogP contribution in [0.4, 0.5) is 0 Å². The van der Waals surface area contributed by atoms with Gasteiger partial charge in [-0.3, -0.25) is 4.79 Å². The molecule has 0 N–H and O–H groups in total. The number of Topliss-reactive ketones (excluding diaryl/α,β-unsaturated/α-hetero) is 1. The zero-order valence-corrected chi connectivity index (χ0v) is 18.9. The maximum Gasteiger partial charge on any atom is 0.339 e. The Morgan fingerprint density at radius 1 is 1.00 bits per heavy atom. The predicted octanol–water partition coefficient (Wildman–Crippen LogP) is 6.32. The van der Waals surface area contributed by atoms with Gasteiger partial charge in [-0.15, -0.1) is 11.3 Å². The first-order chi connectivity index (χ1) is 14.8. The van der Waals surface area contributed by atoms with Gasteiger partial charge >= 0.3 is 5.97 Å². The summed E-state index contributed by atoms with van der Waals surface area (Å²) in [7, 11) is 0. The summed E-state index contributed by atoms with van der Waals surface area (Å²) in [5.74, 6) is -1.03. The van der Waals surface area contributed by atoms with Gasteiger partial charge in [-0.2, -0.15) is 0 Å². The van der Waals surface area contributed by atoms with Crippen molar-refractivity contribution in [2.24, 2.45) is 0 Å². The fourth-order valence-electron chi connectivity index (χ4n) is 3.23. The van der Waals surface area contributed by atoms with Gasteiger partial charge in [0.1, 0.15) is 0 Å². The van der Waals surface area contributed by atoms with Crippen molar-refractivity contribution in [3.05, 3.63) is 80.4 Å².